The van der Waals surface area contributed by atoms with Crippen LogP contribution >= 0.6 is 0 Å². The van der Waals surface area contributed by atoms with Crippen LogP contribution in [0.25, 0.3) is 0 Å². The molecular formula is C19H22N2O6. The molecule has 2 aromatic carbocycles. The SMILES string of the molecule is COC(=O)c1cc(OC)c(OC)cc1NCC(=O)Nc1ccc(OC)cc1. The minimum absolute atomic E-state index is 0.0640. The van der Waals surface area contributed by atoms with Gasteiger partial charge in [-0.3, -0.25) is 4.79 Å². The summed E-state index contributed by atoms with van der Waals surface area (Å²) >= 11 is 0. The minimum atomic E-state index is -0.561. The molecule has 0 aliphatic rings. The van der Waals surface area contributed by atoms with Crippen LogP contribution in [0, 0.1) is 0 Å². The fourth-order valence-electron chi connectivity index (χ4n) is 2.36. The number of esters is 1. The molecule has 2 aromatic rings. The van der Waals surface area contributed by atoms with Gasteiger partial charge in [0.1, 0.15) is 5.75 Å². The lowest BCUT2D eigenvalue weighted by Gasteiger charge is -2.15. The molecule has 0 radical (unpaired) electrons. The Bertz CT molecular complexity index is 805. The maximum Gasteiger partial charge on any atom is 0.340 e. The third kappa shape index (κ3) is 5.04. The average Bonchev–Trinajstić information content (AvgIpc) is 2.71. The van der Waals surface area contributed by atoms with E-state index in [1.807, 2.05) is 0 Å². The van der Waals surface area contributed by atoms with Gasteiger partial charge in [0.05, 0.1) is 46.2 Å². The quantitative estimate of drug-likeness (QED) is 0.686. The van der Waals surface area contributed by atoms with Crippen molar-refractivity contribution in [3.05, 3.63) is 42.0 Å². The van der Waals surface area contributed by atoms with E-state index in [9.17, 15) is 9.59 Å². The van der Waals surface area contributed by atoms with Gasteiger partial charge >= 0.3 is 5.97 Å². The Balaban J connectivity index is 2.12. The molecule has 0 heterocycles. The lowest BCUT2D eigenvalue weighted by molar-refractivity contribution is -0.114. The van der Waals surface area contributed by atoms with Crippen molar-refractivity contribution in [2.24, 2.45) is 0 Å². The molecule has 8 heteroatoms. The Hall–Kier alpha value is -3.42. The summed E-state index contributed by atoms with van der Waals surface area (Å²) in [6, 6.07) is 10.0. The van der Waals surface area contributed by atoms with Crippen LogP contribution in [0.4, 0.5) is 11.4 Å². The zero-order chi connectivity index (χ0) is 19.8. The highest BCUT2D eigenvalue weighted by molar-refractivity contribution is 5.99. The Kier molecular flexibility index (Phi) is 6.87. The highest BCUT2D eigenvalue weighted by Gasteiger charge is 2.18. The fraction of sp³-hybridized carbons (Fsp3) is 0.263. The van der Waals surface area contributed by atoms with E-state index in [0.29, 0.717) is 28.6 Å². The van der Waals surface area contributed by atoms with Crippen LogP contribution in [0.15, 0.2) is 36.4 Å². The molecule has 0 fully saturated rings. The van der Waals surface area contributed by atoms with E-state index in [4.69, 9.17) is 18.9 Å². The van der Waals surface area contributed by atoms with Gasteiger partial charge in [0, 0.05) is 17.8 Å². The van der Waals surface area contributed by atoms with E-state index >= 15 is 0 Å². The maximum atomic E-state index is 12.2. The van der Waals surface area contributed by atoms with Gasteiger partial charge in [-0.05, 0) is 24.3 Å². The largest absolute Gasteiger partial charge is 0.497 e. The van der Waals surface area contributed by atoms with Crippen LogP contribution in [0.5, 0.6) is 17.2 Å². The van der Waals surface area contributed by atoms with Crippen LogP contribution in [-0.4, -0.2) is 46.9 Å². The molecule has 1 amide bonds. The molecule has 0 aliphatic carbocycles. The number of hydrogen-bond acceptors (Lipinski definition) is 7. The summed E-state index contributed by atoms with van der Waals surface area (Å²) < 4.78 is 20.3. The monoisotopic (exact) mass is 374 g/mol. The van der Waals surface area contributed by atoms with E-state index in [2.05, 4.69) is 10.6 Å². The maximum absolute atomic E-state index is 12.2. The fourth-order valence-corrected chi connectivity index (χ4v) is 2.36. The molecule has 27 heavy (non-hydrogen) atoms. The molecule has 0 saturated heterocycles. The Morgan fingerprint density at radius 1 is 0.889 bits per heavy atom. The first-order valence-electron chi connectivity index (χ1n) is 8.04. The smallest absolute Gasteiger partial charge is 0.340 e. The summed E-state index contributed by atoms with van der Waals surface area (Å²) in [7, 11) is 5.79. The normalized spacial score (nSPS) is 9.93. The molecule has 0 saturated carbocycles. The molecule has 0 spiro atoms. The van der Waals surface area contributed by atoms with Gasteiger partial charge in [0.25, 0.3) is 0 Å². The standard InChI is InChI=1S/C19H22N2O6/c1-24-13-7-5-12(6-8-13)21-18(22)11-20-15-10-17(26-3)16(25-2)9-14(15)19(23)27-4/h5-10,20H,11H2,1-4H3,(H,21,22). The molecule has 0 atom stereocenters. The van der Waals surface area contributed by atoms with Gasteiger partial charge in [-0.1, -0.05) is 0 Å². The van der Waals surface area contributed by atoms with Gasteiger partial charge in [0.15, 0.2) is 11.5 Å². The number of anilines is 2. The number of amides is 1. The van der Waals surface area contributed by atoms with Crippen LogP contribution < -0.4 is 24.8 Å². The second-order valence-electron chi connectivity index (χ2n) is 5.37. The molecule has 0 unspecified atom stereocenters. The summed E-state index contributed by atoms with van der Waals surface area (Å²) in [4.78, 5) is 24.2. The minimum Gasteiger partial charge on any atom is -0.497 e. The van der Waals surface area contributed by atoms with E-state index in [-0.39, 0.29) is 18.0 Å². The van der Waals surface area contributed by atoms with Crippen molar-refractivity contribution >= 4 is 23.3 Å². The Labute approximate surface area is 157 Å². The number of methoxy groups -OCH3 is 4. The summed E-state index contributed by atoms with van der Waals surface area (Å²) in [6.07, 6.45) is 0. The molecule has 8 nitrogen and oxygen atoms in total. The Morgan fingerprint density at radius 3 is 2.07 bits per heavy atom. The predicted octanol–water partition coefficient (Wildman–Crippen LogP) is 2.55. The molecule has 2 N–H and O–H groups in total. The van der Waals surface area contributed by atoms with Gasteiger partial charge < -0.3 is 29.6 Å². The lowest BCUT2D eigenvalue weighted by Crippen LogP contribution is -2.22. The zero-order valence-corrected chi connectivity index (χ0v) is 15.6. The topological polar surface area (TPSA) is 95.1 Å². The number of ether oxygens (including phenoxy) is 4. The first kappa shape index (κ1) is 19.9. The molecule has 2 rings (SSSR count). The van der Waals surface area contributed by atoms with Crippen LogP contribution in [0.3, 0.4) is 0 Å². The summed E-state index contributed by atoms with van der Waals surface area (Å²) in [5.74, 6) is 0.647. The van der Waals surface area contributed by atoms with Gasteiger partial charge in [-0.15, -0.1) is 0 Å². The number of benzene rings is 2. The van der Waals surface area contributed by atoms with E-state index < -0.39 is 5.97 Å². The number of carbonyl (C=O) groups excluding carboxylic acids is 2. The highest BCUT2D eigenvalue weighted by Crippen LogP contribution is 2.33. The van der Waals surface area contributed by atoms with Crippen molar-refractivity contribution < 1.29 is 28.5 Å². The second kappa shape index (κ2) is 9.33. The van der Waals surface area contributed by atoms with Gasteiger partial charge in [-0.2, -0.15) is 0 Å². The first-order valence-corrected chi connectivity index (χ1v) is 8.04. The number of hydrogen-bond donors (Lipinski definition) is 2. The Morgan fingerprint density at radius 2 is 1.52 bits per heavy atom. The van der Waals surface area contributed by atoms with Crippen molar-refractivity contribution in [1.29, 1.82) is 0 Å². The van der Waals surface area contributed by atoms with Crippen molar-refractivity contribution in [2.75, 3.05) is 45.6 Å². The van der Waals surface area contributed by atoms with Gasteiger partial charge in [-0.25, -0.2) is 4.79 Å². The third-order valence-electron chi connectivity index (χ3n) is 3.74. The number of nitrogens with one attached hydrogen (secondary N) is 2. The number of rotatable bonds is 8. The molecule has 0 aromatic heterocycles. The van der Waals surface area contributed by atoms with Crippen LogP contribution in [0.2, 0.25) is 0 Å². The number of carbonyl (C=O) groups is 2. The van der Waals surface area contributed by atoms with Crippen molar-refractivity contribution in [2.45, 2.75) is 0 Å². The molecule has 0 aliphatic heterocycles. The van der Waals surface area contributed by atoms with E-state index in [1.165, 1.54) is 27.4 Å². The third-order valence-corrected chi connectivity index (χ3v) is 3.74. The predicted molar refractivity (Wildman–Crippen MR) is 101 cm³/mol. The molecular weight excluding hydrogens is 352 g/mol. The second-order valence-corrected chi connectivity index (χ2v) is 5.37. The summed E-state index contributed by atoms with van der Waals surface area (Å²) in [6.45, 7) is -0.0640. The highest BCUT2D eigenvalue weighted by atomic mass is 16.5. The van der Waals surface area contributed by atoms with Crippen LogP contribution in [-0.2, 0) is 9.53 Å². The summed E-state index contributed by atoms with van der Waals surface area (Å²) in [5, 5.41) is 5.67. The first-order chi connectivity index (χ1) is 13.0. The van der Waals surface area contributed by atoms with Gasteiger partial charge in [0.2, 0.25) is 5.91 Å². The average molecular weight is 374 g/mol. The lowest BCUT2D eigenvalue weighted by atomic mass is 10.1. The van der Waals surface area contributed by atoms with Crippen molar-refractivity contribution in [3.63, 3.8) is 0 Å². The molecule has 0 bridgehead atoms. The van der Waals surface area contributed by atoms with Crippen molar-refractivity contribution in [3.8, 4) is 17.2 Å². The van der Waals surface area contributed by atoms with Crippen molar-refractivity contribution in [1.82, 2.24) is 0 Å². The van der Waals surface area contributed by atoms with E-state index in [1.54, 1.807) is 37.4 Å². The van der Waals surface area contributed by atoms with E-state index in [0.717, 1.165) is 0 Å². The molecule has 144 valence electrons. The zero-order valence-electron chi connectivity index (χ0n) is 15.6. The van der Waals surface area contributed by atoms with Crippen LogP contribution in [0.1, 0.15) is 10.4 Å². The summed E-state index contributed by atoms with van der Waals surface area (Å²) in [5.41, 5.74) is 1.25.